The molecular weight excluding hydrogens is 445 g/mol. The Morgan fingerprint density at radius 2 is 1.88 bits per heavy atom. The van der Waals surface area contributed by atoms with Gasteiger partial charge in [0.05, 0.1) is 20.8 Å². The first-order valence-electron chi connectivity index (χ1n) is 8.97. The van der Waals surface area contributed by atoms with Crippen LogP contribution in [0.3, 0.4) is 0 Å². The van der Waals surface area contributed by atoms with Gasteiger partial charge in [0.2, 0.25) is 0 Å². The Kier molecular flexibility index (Phi) is 8.23. The van der Waals surface area contributed by atoms with E-state index in [0.717, 1.165) is 37.0 Å². The minimum Gasteiger partial charge on any atom is -0.493 e. The van der Waals surface area contributed by atoms with E-state index in [4.69, 9.17) is 14.5 Å². The first kappa shape index (κ1) is 21.0. The third-order valence-corrected chi connectivity index (χ3v) is 4.84. The van der Waals surface area contributed by atoms with E-state index in [2.05, 4.69) is 27.4 Å². The van der Waals surface area contributed by atoms with Gasteiger partial charge in [0.25, 0.3) is 0 Å². The topological polar surface area (TPSA) is 61.4 Å². The van der Waals surface area contributed by atoms with Crippen molar-refractivity contribution in [1.82, 2.24) is 15.1 Å². The van der Waals surface area contributed by atoms with Crippen molar-refractivity contribution >= 4 is 35.6 Å². The largest absolute Gasteiger partial charge is 0.493 e. The SMILES string of the molecule is CCNC(=NCC1CN2CCN1CC2)Nc1ccc(OC)c(OC)c1.I. The lowest BCUT2D eigenvalue weighted by molar-refractivity contribution is 0.0174. The molecule has 7 nitrogen and oxygen atoms in total. The molecule has 1 aromatic rings. The van der Waals surface area contributed by atoms with Crippen LogP contribution in [0.25, 0.3) is 0 Å². The Labute approximate surface area is 173 Å². The third-order valence-electron chi connectivity index (χ3n) is 4.84. The molecule has 8 heteroatoms. The summed E-state index contributed by atoms with van der Waals surface area (Å²) in [7, 11) is 3.28. The normalized spacial score (nSPS) is 24.6. The quantitative estimate of drug-likeness (QED) is 0.371. The fourth-order valence-electron chi connectivity index (χ4n) is 3.45. The van der Waals surface area contributed by atoms with Crippen LogP contribution < -0.4 is 20.1 Å². The van der Waals surface area contributed by atoms with Crippen LogP contribution in [0.15, 0.2) is 23.2 Å². The van der Waals surface area contributed by atoms with Crippen LogP contribution in [0.2, 0.25) is 0 Å². The zero-order valence-electron chi connectivity index (χ0n) is 15.8. The summed E-state index contributed by atoms with van der Waals surface area (Å²) in [6.07, 6.45) is 0. The fraction of sp³-hybridized carbons (Fsp3) is 0.611. The predicted molar refractivity (Wildman–Crippen MR) is 116 cm³/mol. The number of methoxy groups -OCH3 is 2. The van der Waals surface area contributed by atoms with Crippen molar-refractivity contribution in [3.63, 3.8) is 0 Å². The molecule has 26 heavy (non-hydrogen) atoms. The maximum Gasteiger partial charge on any atom is 0.195 e. The van der Waals surface area contributed by atoms with E-state index < -0.39 is 0 Å². The summed E-state index contributed by atoms with van der Waals surface area (Å²) in [5.74, 6) is 2.22. The molecule has 3 heterocycles. The Morgan fingerprint density at radius 1 is 1.15 bits per heavy atom. The molecule has 1 aromatic carbocycles. The summed E-state index contributed by atoms with van der Waals surface area (Å²) in [6, 6.07) is 6.29. The summed E-state index contributed by atoms with van der Waals surface area (Å²) in [6.45, 7) is 9.55. The minimum absolute atomic E-state index is 0. The molecule has 3 fully saturated rings. The Bertz CT molecular complexity index is 605. The van der Waals surface area contributed by atoms with Gasteiger partial charge < -0.3 is 20.1 Å². The Balaban J connectivity index is 0.00000243. The summed E-state index contributed by atoms with van der Waals surface area (Å²) in [4.78, 5) is 9.90. The highest BCUT2D eigenvalue weighted by atomic mass is 127. The van der Waals surface area contributed by atoms with Crippen LogP contribution in [-0.4, -0.2) is 81.8 Å². The lowest BCUT2D eigenvalue weighted by Gasteiger charge is -2.47. The number of piperazine rings is 3. The van der Waals surface area contributed by atoms with Crippen LogP contribution >= 0.6 is 24.0 Å². The zero-order valence-corrected chi connectivity index (χ0v) is 18.2. The standard InChI is InChI=1S/C18H29N5O2.HI/c1-4-19-18(20-12-15-13-22-7-9-23(15)10-8-22)21-14-5-6-16(24-2)17(11-14)25-3;/h5-6,11,15H,4,7-10,12-13H2,1-3H3,(H2,19,20,21);1H. The number of benzene rings is 1. The number of aliphatic imine (C=N–C) groups is 1. The average Bonchev–Trinajstić information content (AvgIpc) is 2.67. The molecule has 3 aliphatic rings. The van der Waals surface area contributed by atoms with Gasteiger partial charge >= 0.3 is 0 Å². The second kappa shape index (κ2) is 10.2. The number of ether oxygens (including phenoxy) is 2. The van der Waals surface area contributed by atoms with E-state index in [-0.39, 0.29) is 24.0 Å². The second-order valence-electron chi connectivity index (χ2n) is 6.40. The molecule has 0 aliphatic carbocycles. The van der Waals surface area contributed by atoms with E-state index in [1.165, 1.54) is 26.2 Å². The predicted octanol–water partition coefficient (Wildman–Crippen LogP) is 1.70. The lowest BCUT2D eigenvalue weighted by atomic mass is 10.1. The molecule has 146 valence electrons. The van der Waals surface area contributed by atoms with Crippen molar-refractivity contribution in [1.29, 1.82) is 0 Å². The molecule has 0 radical (unpaired) electrons. The van der Waals surface area contributed by atoms with Gasteiger partial charge in [0.15, 0.2) is 17.5 Å². The number of anilines is 1. The van der Waals surface area contributed by atoms with Crippen LogP contribution in [0.4, 0.5) is 5.69 Å². The summed E-state index contributed by atoms with van der Waals surface area (Å²) < 4.78 is 10.7. The molecular formula is C18H30IN5O2. The van der Waals surface area contributed by atoms with Crippen LogP contribution in [0, 0.1) is 0 Å². The monoisotopic (exact) mass is 475 g/mol. The summed E-state index contributed by atoms with van der Waals surface area (Å²) in [5.41, 5.74) is 0.923. The fourth-order valence-corrected chi connectivity index (χ4v) is 3.45. The van der Waals surface area contributed by atoms with E-state index in [0.29, 0.717) is 11.8 Å². The molecule has 2 N–H and O–H groups in total. The van der Waals surface area contributed by atoms with Crippen LogP contribution in [0.5, 0.6) is 11.5 Å². The van der Waals surface area contributed by atoms with Crippen molar-refractivity contribution < 1.29 is 9.47 Å². The number of nitrogens with one attached hydrogen (secondary N) is 2. The smallest absolute Gasteiger partial charge is 0.195 e. The molecule has 0 aromatic heterocycles. The molecule has 3 aliphatic heterocycles. The lowest BCUT2D eigenvalue weighted by Crippen LogP contribution is -2.61. The number of halogens is 1. The number of hydrogen-bond acceptors (Lipinski definition) is 5. The number of fused-ring (bicyclic) bond motifs is 3. The Morgan fingerprint density at radius 3 is 2.46 bits per heavy atom. The first-order valence-corrected chi connectivity index (χ1v) is 8.97. The van der Waals surface area contributed by atoms with Gasteiger partial charge in [-0.1, -0.05) is 0 Å². The zero-order chi connectivity index (χ0) is 17.6. The van der Waals surface area contributed by atoms with Gasteiger partial charge in [-0.2, -0.15) is 0 Å². The molecule has 2 bridgehead atoms. The third kappa shape index (κ3) is 5.14. The van der Waals surface area contributed by atoms with Crippen molar-refractivity contribution in [2.75, 3.05) is 65.3 Å². The van der Waals surface area contributed by atoms with Crippen molar-refractivity contribution in [2.24, 2.45) is 4.99 Å². The van der Waals surface area contributed by atoms with Gasteiger partial charge in [-0.15, -0.1) is 24.0 Å². The van der Waals surface area contributed by atoms with Gasteiger partial charge in [0.1, 0.15) is 0 Å². The van der Waals surface area contributed by atoms with Gasteiger partial charge in [-0.25, -0.2) is 0 Å². The van der Waals surface area contributed by atoms with Crippen LogP contribution in [-0.2, 0) is 0 Å². The number of guanidine groups is 1. The number of rotatable bonds is 6. The molecule has 3 saturated heterocycles. The molecule has 0 spiro atoms. The molecule has 4 rings (SSSR count). The van der Waals surface area contributed by atoms with E-state index in [9.17, 15) is 0 Å². The Hall–Kier alpha value is -1.26. The highest BCUT2D eigenvalue weighted by molar-refractivity contribution is 14.0. The maximum atomic E-state index is 5.37. The van der Waals surface area contributed by atoms with Gasteiger partial charge in [-0.05, 0) is 19.1 Å². The molecule has 1 unspecified atom stereocenters. The van der Waals surface area contributed by atoms with Gasteiger partial charge in [0, 0.05) is 57.1 Å². The summed E-state index contributed by atoms with van der Waals surface area (Å²) in [5, 5.41) is 6.68. The first-order chi connectivity index (χ1) is 12.2. The van der Waals surface area contributed by atoms with E-state index >= 15 is 0 Å². The molecule has 0 saturated carbocycles. The van der Waals surface area contributed by atoms with Crippen molar-refractivity contribution in [3.8, 4) is 11.5 Å². The van der Waals surface area contributed by atoms with E-state index in [1.54, 1.807) is 14.2 Å². The van der Waals surface area contributed by atoms with Crippen molar-refractivity contribution in [2.45, 2.75) is 13.0 Å². The maximum absolute atomic E-state index is 5.37. The minimum atomic E-state index is 0. The molecule has 1 atom stereocenters. The van der Waals surface area contributed by atoms with Crippen molar-refractivity contribution in [3.05, 3.63) is 18.2 Å². The van der Waals surface area contributed by atoms with E-state index in [1.807, 2.05) is 18.2 Å². The molecule has 0 amide bonds. The number of nitrogens with zero attached hydrogens (tertiary/aromatic N) is 3. The highest BCUT2D eigenvalue weighted by Crippen LogP contribution is 2.29. The average molecular weight is 475 g/mol. The number of hydrogen-bond donors (Lipinski definition) is 2. The van der Waals surface area contributed by atoms with Crippen LogP contribution in [0.1, 0.15) is 6.92 Å². The highest BCUT2D eigenvalue weighted by Gasteiger charge is 2.31. The second-order valence-corrected chi connectivity index (χ2v) is 6.40. The summed E-state index contributed by atoms with van der Waals surface area (Å²) >= 11 is 0. The van der Waals surface area contributed by atoms with Gasteiger partial charge in [-0.3, -0.25) is 14.8 Å².